The first-order valence-corrected chi connectivity index (χ1v) is 9.68. The van der Waals surface area contributed by atoms with Gasteiger partial charge < -0.3 is 0 Å². The normalized spacial score (nSPS) is 16.2. The summed E-state index contributed by atoms with van der Waals surface area (Å²) in [7, 11) is 0. The van der Waals surface area contributed by atoms with E-state index in [2.05, 4.69) is 38.1 Å². The molecule has 1 aliphatic rings. The number of amides is 1. The Kier molecular flexibility index (Phi) is 5.85. The molecule has 0 unspecified atom stereocenters. The topological polar surface area (TPSA) is 85.1 Å². The van der Waals surface area contributed by atoms with E-state index in [1.807, 2.05) is 48.7 Å². The van der Waals surface area contributed by atoms with Crippen molar-refractivity contribution < 1.29 is 4.79 Å². The van der Waals surface area contributed by atoms with Crippen LogP contribution in [0.25, 0.3) is 11.4 Å². The van der Waals surface area contributed by atoms with E-state index in [0.717, 1.165) is 30.4 Å². The van der Waals surface area contributed by atoms with Crippen LogP contribution in [0.2, 0.25) is 0 Å². The number of hydrogen-bond donors (Lipinski definition) is 1. The van der Waals surface area contributed by atoms with E-state index in [-0.39, 0.29) is 5.91 Å². The Balaban J connectivity index is 1.33. The lowest BCUT2D eigenvalue weighted by Crippen LogP contribution is -2.19. The summed E-state index contributed by atoms with van der Waals surface area (Å²) in [4.78, 5) is 13.8. The summed E-state index contributed by atoms with van der Waals surface area (Å²) in [5.74, 6) is 0.774. The SMILES string of the molecule is O=C(N/N=C\[C@@H]1CC=CCC1)c1ccc(Cn2nnc(-c3ccccc3)n2)cc1. The standard InChI is InChI=1S/C22H22N6O/c29-22(25-23-15-17-7-3-1-4-8-17)20-13-11-18(12-14-20)16-28-26-21(24-27-28)19-9-5-2-6-10-19/h1-3,5-6,9-15,17H,4,7-8,16H2,(H,25,29)/b23-15-/t17-/m1/s1. The molecule has 1 N–H and O–H groups in total. The number of nitrogens with one attached hydrogen (secondary N) is 1. The highest BCUT2D eigenvalue weighted by Crippen LogP contribution is 2.16. The molecule has 1 heterocycles. The molecule has 29 heavy (non-hydrogen) atoms. The van der Waals surface area contributed by atoms with Crippen LogP contribution in [-0.4, -0.2) is 32.3 Å². The number of aromatic nitrogens is 4. The van der Waals surface area contributed by atoms with E-state index in [4.69, 9.17) is 0 Å². The Morgan fingerprint density at radius 1 is 1.14 bits per heavy atom. The van der Waals surface area contributed by atoms with Gasteiger partial charge in [0.15, 0.2) is 0 Å². The Morgan fingerprint density at radius 2 is 1.97 bits per heavy atom. The smallest absolute Gasteiger partial charge is 0.267 e. The predicted octanol–water partition coefficient (Wildman–Crippen LogP) is 3.46. The van der Waals surface area contributed by atoms with Gasteiger partial charge in [0.2, 0.25) is 5.82 Å². The molecule has 146 valence electrons. The molecule has 1 atom stereocenters. The second kappa shape index (κ2) is 9.05. The molecular weight excluding hydrogens is 364 g/mol. The molecule has 1 aliphatic carbocycles. The van der Waals surface area contributed by atoms with Crippen molar-refractivity contribution in [1.82, 2.24) is 25.6 Å². The molecule has 0 spiro atoms. The number of hydrazone groups is 1. The van der Waals surface area contributed by atoms with Gasteiger partial charge in [-0.3, -0.25) is 4.79 Å². The Morgan fingerprint density at radius 3 is 2.72 bits per heavy atom. The summed E-state index contributed by atoms with van der Waals surface area (Å²) >= 11 is 0. The fraction of sp³-hybridized carbons (Fsp3) is 0.227. The Hall–Kier alpha value is -3.61. The van der Waals surface area contributed by atoms with Crippen LogP contribution >= 0.6 is 0 Å². The second-order valence-corrected chi connectivity index (χ2v) is 6.97. The van der Waals surface area contributed by atoms with Crippen LogP contribution in [0.4, 0.5) is 0 Å². The van der Waals surface area contributed by atoms with Crippen molar-refractivity contribution in [2.24, 2.45) is 11.0 Å². The number of nitrogens with zero attached hydrogens (tertiary/aromatic N) is 5. The first-order valence-electron chi connectivity index (χ1n) is 9.68. The number of allylic oxidation sites excluding steroid dienone is 2. The van der Waals surface area contributed by atoms with Crippen molar-refractivity contribution in [3.05, 3.63) is 77.9 Å². The van der Waals surface area contributed by atoms with Gasteiger partial charge in [0, 0.05) is 17.3 Å². The fourth-order valence-corrected chi connectivity index (χ4v) is 3.16. The van der Waals surface area contributed by atoms with Crippen LogP contribution in [0.3, 0.4) is 0 Å². The van der Waals surface area contributed by atoms with Crippen LogP contribution in [-0.2, 0) is 6.54 Å². The number of benzene rings is 2. The van der Waals surface area contributed by atoms with E-state index >= 15 is 0 Å². The van der Waals surface area contributed by atoms with Crippen LogP contribution in [0, 0.1) is 5.92 Å². The van der Waals surface area contributed by atoms with E-state index < -0.39 is 0 Å². The molecule has 0 fully saturated rings. The summed E-state index contributed by atoms with van der Waals surface area (Å²) < 4.78 is 0. The number of carbonyl (C=O) groups excluding carboxylic acids is 1. The molecule has 3 aromatic rings. The minimum absolute atomic E-state index is 0.218. The van der Waals surface area contributed by atoms with Crippen LogP contribution in [0.5, 0.6) is 0 Å². The van der Waals surface area contributed by atoms with Crippen molar-refractivity contribution in [3.8, 4) is 11.4 Å². The van der Waals surface area contributed by atoms with Gasteiger partial charge in [-0.2, -0.15) is 9.90 Å². The highest BCUT2D eigenvalue weighted by atomic mass is 16.2. The van der Waals surface area contributed by atoms with Crippen molar-refractivity contribution in [3.63, 3.8) is 0 Å². The van der Waals surface area contributed by atoms with Crippen LogP contribution in [0.1, 0.15) is 35.2 Å². The minimum Gasteiger partial charge on any atom is -0.267 e. The quantitative estimate of drug-likeness (QED) is 0.399. The molecule has 4 rings (SSSR count). The molecule has 2 aromatic carbocycles. The van der Waals surface area contributed by atoms with Gasteiger partial charge >= 0.3 is 0 Å². The van der Waals surface area contributed by atoms with Crippen LogP contribution < -0.4 is 5.43 Å². The zero-order valence-electron chi connectivity index (χ0n) is 16.0. The van der Waals surface area contributed by atoms with E-state index in [1.54, 1.807) is 16.9 Å². The maximum absolute atomic E-state index is 12.2. The first kappa shape index (κ1) is 18.7. The summed E-state index contributed by atoms with van der Waals surface area (Å²) in [6, 6.07) is 17.0. The molecule has 0 radical (unpaired) electrons. The monoisotopic (exact) mass is 386 g/mol. The Labute approximate surface area is 169 Å². The highest BCUT2D eigenvalue weighted by molar-refractivity contribution is 5.94. The lowest BCUT2D eigenvalue weighted by Gasteiger charge is -2.11. The summed E-state index contributed by atoms with van der Waals surface area (Å²) in [6.45, 7) is 0.481. The number of rotatable bonds is 6. The third-order valence-electron chi connectivity index (χ3n) is 4.79. The lowest BCUT2D eigenvalue weighted by atomic mass is 9.96. The number of carbonyl (C=O) groups is 1. The predicted molar refractivity (Wildman–Crippen MR) is 111 cm³/mol. The van der Waals surface area contributed by atoms with E-state index in [9.17, 15) is 4.79 Å². The van der Waals surface area contributed by atoms with E-state index in [1.165, 1.54) is 0 Å². The molecule has 0 bridgehead atoms. The van der Waals surface area contributed by atoms with Gasteiger partial charge in [-0.1, -0.05) is 54.6 Å². The van der Waals surface area contributed by atoms with E-state index in [0.29, 0.717) is 23.9 Å². The number of hydrogen-bond acceptors (Lipinski definition) is 5. The zero-order chi connectivity index (χ0) is 19.9. The van der Waals surface area contributed by atoms with Crippen molar-refractivity contribution in [2.45, 2.75) is 25.8 Å². The third kappa shape index (κ3) is 5.01. The van der Waals surface area contributed by atoms with Gasteiger partial charge in [-0.15, -0.1) is 10.2 Å². The van der Waals surface area contributed by atoms with Crippen molar-refractivity contribution >= 4 is 12.1 Å². The highest BCUT2D eigenvalue weighted by Gasteiger charge is 2.09. The molecule has 0 saturated heterocycles. The maximum Gasteiger partial charge on any atom is 0.271 e. The third-order valence-corrected chi connectivity index (χ3v) is 4.79. The Bertz CT molecular complexity index is 1010. The van der Waals surface area contributed by atoms with Crippen molar-refractivity contribution in [1.29, 1.82) is 0 Å². The van der Waals surface area contributed by atoms with Gasteiger partial charge in [0.1, 0.15) is 0 Å². The molecule has 7 heteroatoms. The van der Waals surface area contributed by atoms with Crippen LogP contribution in [0.15, 0.2) is 71.9 Å². The molecular formula is C22H22N6O. The molecule has 1 amide bonds. The lowest BCUT2D eigenvalue weighted by molar-refractivity contribution is 0.0955. The summed E-state index contributed by atoms with van der Waals surface area (Å²) in [5, 5.41) is 16.7. The second-order valence-electron chi connectivity index (χ2n) is 6.97. The first-order chi connectivity index (χ1) is 14.3. The maximum atomic E-state index is 12.2. The molecule has 0 saturated carbocycles. The minimum atomic E-state index is -0.218. The number of tetrazole rings is 1. The fourth-order valence-electron chi connectivity index (χ4n) is 3.16. The van der Waals surface area contributed by atoms with Gasteiger partial charge in [0.05, 0.1) is 6.54 Å². The molecule has 7 nitrogen and oxygen atoms in total. The molecule has 1 aromatic heterocycles. The average molecular weight is 386 g/mol. The average Bonchev–Trinajstić information content (AvgIpc) is 3.24. The zero-order valence-corrected chi connectivity index (χ0v) is 16.0. The molecule has 0 aliphatic heterocycles. The largest absolute Gasteiger partial charge is 0.271 e. The van der Waals surface area contributed by atoms with Crippen molar-refractivity contribution in [2.75, 3.05) is 0 Å². The summed E-state index contributed by atoms with van der Waals surface area (Å²) in [6.07, 6.45) is 9.30. The summed E-state index contributed by atoms with van der Waals surface area (Å²) in [5.41, 5.74) is 5.07. The van der Waals surface area contributed by atoms with Gasteiger partial charge in [-0.05, 0) is 48.1 Å². The van der Waals surface area contributed by atoms with Gasteiger partial charge in [-0.25, -0.2) is 5.43 Å². The van der Waals surface area contributed by atoms with Gasteiger partial charge in [0.25, 0.3) is 5.91 Å².